The molecule has 0 aliphatic heterocycles. The highest BCUT2D eigenvalue weighted by atomic mass is 16.7. The Labute approximate surface area is 74.7 Å². The molecule has 0 aliphatic rings. The predicted octanol–water partition coefficient (Wildman–Crippen LogP) is 1.55. The molecule has 0 aromatic rings. The third-order valence-electron chi connectivity index (χ3n) is 1.55. The maximum Gasteiger partial charge on any atom is 0.180 e. The van der Waals surface area contributed by atoms with E-state index < -0.39 is 6.29 Å². The first-order valence-corrected chi connectivity index (χ1v) is 4.69. The molecule has 0 bridgehead atoms. The van der Waals surface area contributed by atoms with Gasteiger partial charge in [-0.3, -0.25) is 0 Å². The van der Waals surface area contributed by atoms with Crippen molar-refractivity contribution < 1.29 is 14.6 Å². The molecule has 0 saturated carbocycles. The van der Waals surface area contributed by atoms with Crippen molar-refractivity contribution in [3.05, 3.63) is 0 Å². The Morgan fingerprint density at radius 1 is 1.17 bits per heavy atom. The molecule has 1 N–H and O–H groups in total. The lowest BCUT2D eigenvalue weighted by Gasteiger charge is -2.14. The van der Waals surface area contributed by atoms with Crippen molar-refractivity contribution in [2.75, 3.05) is 19.8 Å². The predicted molar refractivity (Wildman–Crippen MR) is 48.0 cm³/mol. The molecule has 0 heterocycles. The molecule has 0 radical (unpaired) electrons. The Balaban J connectivity index is 3.19. The SMILES string of the molecule is CCCCCOC(CO)OCC. The van der Waals surface area contributed by atoms with Gasteiger partial charge in [-0.2, -0.15) is 0 Å². The molecule has 0 amide bonds. The number of ether oxygens (including phenoxy) is 2. The number of hydrogen-bond acceptors (Lipinski definition) is 3. The van der Waals surface area contributed by atoms with Gasteiger partial charge in [0.25, 0.3) is 0 Å². The van der Waals surface area contributed by atoms with Gasteiger partial charge in [-0.15, -0.1) is 0 Å². The fraction of sp³-hybridized carbons (Fsp3) is 1.00. The second kappa shape index (κ2) is 8.97. The van der Waals surface area contributed by atoms with Gasteiger partial charge in [0.2, 0.25) is 0 Å². The van der Waals surface area contributed by atoms with Crippen LogP contribution in [0, 0.1) is 0 Å². The van der Waals surface area contributed by atoms with Crippen molar-refractivity contribution in [3.8, 4) is 0 Å². The first-order chi connectivity index (χ1) is 5.85. The van der Waals surface area contributed by atoms with Crippen LogP contribution < -0.4 is 0 Å². The summed E-state index contributed by atoms with van der Waals surface area (Å²) in [7, 11) is 0. The summed E-state index contributed by atoms with van der Waals surface area (Å²) in [5.74, 6) is 0. The summed E-state index contributed by atoms with van der Waals surface area (Å²) >= 11 is 0. The van der Waals surface area contributed by atoms with Crippen LogP contribution in [0.2, 0.25) is 0 Å². The van der Waals surface area contributed by atoms with Crippen LogP contribution in [-0.2, 0) is 9.47 Å². The van der Waals surface area contributed by atoms with Crippen LogP contribution in [0.1, 0.15) is 33.1 Å². The zero-order valence-corrected chi connectivity index (χ0v) is 8.08. The van der Waals surface area contributed by atoms with Crippen molar-refractivity contribution in [3.63, 3.8) is 0 Å². The van der Waals surface area contributed by atoms with Gasteiger partial charge in [0.1, 0.15) is 0 Å². The number of aliphatic hydroxyl groups excluding tert-OH is 1. The van der Waals surface area contributed by atoms with Crippen molar-refractivity contribution >= 4 is 0 Å². The zero-order valence-electron chi connectivity index (χ0n) is 8.08. The zero-order chi connectivity index (χ0) is 9.23. The molecular weight excluding hydrogens is 156 g/mol. The van der Waals surface area contributed by atoms with Crippen molar-refractivity contribution in [2.24, 2.45) is 0 Å². The summed E-state index contributed by atoms with van der Waals surface area (Å²) in [4.78, 5) is 0. The normalized spacial score (nSPS) is 13.2. The lowest BCUT2D eigenvalue weighted by atomic mass is 10.3. The minimum atomic E-state index is -0.424. The molecule has 3 heteroatoms. The minimum absolute atomic E-state index is 0.0556. The summed E-state index contributed by atoms with van der Waals surface area (Å²) in [5, 5.41) is 8.76. The monoisotopic (exact) mass is 176 g/mol. The average Bonchev–Trinajstić information content (AvgIpc) is 2.10. The van der Waals surface area contributed by atoms with E-state index in [1.54, 1.807) is 0 Å². The van der Waals surface area contributed by atoms with E-state index in [2.05, 4.69) is 6.92 Å². The maximum atomic E-state index is 8.76. The Hall–Kier alpha value is -0.120. The van der Waals surface area contributed by atoms with E-state index in [4.69, 9.17) is 14.6 Å². The molecule has 0 aromatic heterocycles. The van der Waals surface area contributed by atoms with Crippen LogP contribution in [0.5, 0.6) is 0 Å². The molecule has 0 aromatic carbocycles. The molecule has 0 fully saturated rings. The standard InChI is InChI=1S/C9H20O3/c1-3-5-6-7-12-9(8-10)11-4-2/h9-10H,3-8H2,1-2H3. The first-order valence-electron chi connectivity index (χ1n) is 4.69. The Morgan fingerprint density at radius 3 is 2.42 bits per heavy atom. The van der Waals surface area contributed by atoms with Crippen LogP contribution in [-0.4, -0.2) is 31.2 Å². The molecule has 0 saturated heterocycles. The topological polar surface area (TPSA) is 38.7 Å². The van der Waals surface area contributed by atoms with E-state index in [0.717, 1.165) is 6.42 Å². The highest BCUT2D eigenvalue weighted by Crippen LogP contribution is 1.98. The quantitative estimate of drug-likeness (QED) is 0.450. The van der Waals surface area contributed by atoms with Gasteiger partial charge in [-0.25, -0.2) is 0 Å². The Kier molecular flexibility index (Phi) is 8.88. The van der Waals surface area contributed by atoms with E-state index in [1.807, 2.05) is 6.92 Å². The van der Waals surface area contributed by atoms with Gasteiger partial charge in [0.15, 0.2) is 6.29 Å². The molecular formula is C9H20O3. The van der Waals surface area contributed by atoms with E-state index in [9.17, 15) is 0 Å². The van der Waals surface area contributed by atoms with Gasteiger partial charge in [-0.05, 0) is 13.3 Å². The molecule has 1 unspecified atom stereocenters. The smallest absolute Gasteiger partial charge is 0.180 e. The van der Waals surface area contributed by atoms with Gasteiger partial charge >= 0.3 is 0 Å². The molecule has 0 spiro atoms. The van der Waals surface area contributed by atoms with Crippen LogP contribution in [0.25, 0.3) is 0 Å². The molecule has 0 rings (SSSR count). The number of hydrogen-bond donors (Lipinski definition) is 1. The van der Waals surface area contributed by atoms with Crippen LogP contribution >= 0.6 is 0 Å². The summed E-state index contributed by atoms with van der Waals surface area (Å²) in [6.07, 6.45) is 2.97. The molecule has 3 nitrogen and oxygen atoms in total. The lowest BCUT2D eigenvalue weighted by molar-refractivity contribution is -0.160. The molecule has 12 heavy (non-hydrogen) atoms. The second-order valence-electron chi connectivity index (χ2n) is 2.65. The van der Waals surface area contributed by atoms with Gasteiger partial charge in [0.05, 0.1) is 6.61 Å². The van der Waals surface area contributed by atoms with Gasteiger partial charge in [-0.1, -0.05) is 19.8 Å². The summed E-state index contributed by atoms with van der Waals surface area (Å²) in [6, 6.07) is 0. The van der Waals surface area contributed by atoms with E-state index >= 15 is 0 Å². The Morgan fingerprint density at radius 2 is 1.92 bits per heavy atom. The van der Waals surface area contributed by atoms with Crippen molar-refractivity contribution in [1.82, 2.24) is 0 Å². The highest BCUT2D eigenvalue weighted by molar-refractivity contribution is 4.41. The highest BCUT2D eigenvalue weighted by Gasteiger charge is 2.04. The molecule has 0 aliphatic carbocycles. The first kappa shape index (κ1) is 11.9. The third kappa shape index (κ3) is 6.58. The average molecular weight is 176 g/mol. The van der Waals surface area contributed by atoms with E-state index in [-0.39, 0.29) is 6.61 Å². The van der Waals surface area contributed by atoms with Crippen LogP contribution in [0.4, 0.5) is 0 Å². The summed E-state index contributed by atoms with van der Waals surface area (Å²) in [5.41, 5.74) is 0. The second-order valence-corrected chi connectivity index (χ2v) is 2.65. The molecule has 1 atom stereocenters. The number of unbranched alkanes of at least 4 members (excludes halogenated alkanes) is 2. The summed E-state index contributed by atoms with van der Waals surface area (Å²) < 4.78 is 10.4. The fourth-order valence-corrected chi connectivity index (χ4v) is 0.906. The van der Waals surface area contributed by atoms with Crippen LogP contribution in [0.15, 0.2) is 0 Å². The van der Waals surface area contributed by atoms with Gasteiger partial charge in [0, 0.05) is 13.2 Å². The van der Waals surface area contributed by atoms with E-state index in [1.165, 1.54) is 12.8 Å². The number of aliphatic hydroxyl groups is 1. The van der Waals surface area contributed by atoms with Crippen molar-refractivity contribution in [2.45, 2.75) is 39.4 Å². The van der Waals surface area contributed by atoms with E-state index in [0.29, 0.717) is 13.2 Å². The maximum absolute atomic E-state index is 8.76. The molecule has 74 valence electrons. The van der Waals surface area contributed by atoms with Crippen molar-refractivity contribution in [1.29, 1.82) is 0 Å². The largest absolute Gasteiger partial charge is 0.391 e. The van der Waals surface area contributed by atoms with Gasteiger partial charge < -0.3 is 14.6 Å². The summed E-state index contributed by atoms with van der Waals surface area (Å²) in [6.45, 7) is 5.24. The third-order valence-corrected chi connectivity index (χ3v) is 1.55. The minimum Gasteiger partial charge on any atom is -0.391 e. The number of rotatable bonds is 8. The Bertz CT molecular complexity index is 85.8. The lowest BCUT2D eigenvalue weighted by Crippen LogP contribution is -2.22. The van der Waals surface area contributed by atoms with Crippen LogP contribution in [0.3, 0.4) is 0 Å². The fourth-order valence-electron chi connectivity index (χ4n) is 0.906.